The van der Waals surface area contributed by atoms with Crippen LogP contribution in [-0.4, -0.2) is 28.3 Å². The molecule has 1 N–H and O–H groups in total. The van der Waals surface area contributed by atoms with Crippen LogP contribution in [0.5, 0.6) is 0 Å². The van der Waals surface area contributed by atoms with Crippen LogP contribution >= 0.6 is 11.6 Å². The van der Waals surface area contributed by atoms with Gasteiger partial charge in [0.1, 0.15) is 11.9 Å². The van der Waals surface area contributed by atoms with Gasteiger partial charge in [-0.05, 0) is 62.1 Å². The van der Waals surface area contributed by atoms with Crippen molar-refractivity contribution in [3.05, 3.63) is 106 Å². The third-order valence-electron chi connectivity index (χ3n) is 5.60. The van der Waals surface area contributed by atoms with Crippen LogP contribution in [0.3, 0.4) is 0 Å². The number of amides is 2. The second-order valence-electron chi connectivity index (χ2n) is 9.68. The Labute approximate surface area is 212 Å². The lowest BCUT2D eigenvalue weighted by molar-refractivity contribution is -0.141. The first kappa shape index (κ1) is 26.4. The summed E-state index contributed by atoms with van der Waals surface area (Å²) in [6, 6.07) is 22.3. The molecule has 6 heteroatoms. The maximum Gasteiger partial charge on any atom is 0.243 e. The first-order valence-corrected chi connectivity index (χ1v) is 12.1. The van der Waals surface area contributed by atoms with Gasteiger partial charge in [0.05, 0.1) is 0 Å². The Kier molecular flexibility index (Phi) is 9.05. The molecule has 4 nitrogen and oxygen atoms in total. The number of carbonyl (C=O) groups excluding carboxylic acids is 2. The van der Waals surface area contributed by atoms with Gasteiger partial charge in [-0.25, -0.2) is 4.39 Å². The van der Waals surface area contributed by atoms with Crippen molar-refractivity contribution >= 4 is 23.4 Å². The quantitative estimate of drug-likeness (QED) is 0.398. The van der Waals surface area contributed by atoms with Crippen molar-refractivity contribution in [3.8, 4) is 0 Å². The monoisotopic (exact) mass is 494 g/mol. The fourth-order valence-corrected chi connectivity index (χ4v) is 4.11. The van der Waals surface area contributed by atoms with Gasteiger partial charge >= 0.3 is 0 Å². The molecule has 0 fully saturated rings. The minimum absolute atomic E-state index is 0.167. The fourth-order valence-electron chi connectivity index (χ4n) is 3.88. The van der Waals surface area contributed by atoms with E-state index in [4.69, 9.17) is 11.6 Å². The third-order valence-corrected chi connectivity index (χ3v) is 5.97. The number of nitrogens with one attached hydrogen (secondary N) is 1. The molecule has 0 aliphatic rings. The molecule has 0 aliphatic carbocycles. The Balaban J connectivity index is 1.93. The maximum atomic E-state index is 13.6. The molecule has 35 heavy (non-hydrogen) atoms. The summed E-state index contributed by atoms with van der Waals surface area (Å²) in [6.45, 7) is 5.92. The van der Waals surface area contributed by atoms with Crippen molar-refractivity contribution in [1.82, 2.24) is 10.2 Å². The van der Waals surface area contributed by atoms with Crippen LogP contribution in [0.4, 0.5) is 4.39 Å². The van der Waals surface area contributed by atoms with Gasteiger partial charge in [0.15, 0.2) is 0 Å². The highest BCUT2D eigenvalue weighted by Crippen LogP contribution is 2.20. The largest absolute Gasteiger partial charge is 0.350 e. The van der Waals surface area contributed by atoms with Gasteiger partial charge in [-0.15, -0.1) is 0 Å². The highest BCUT2D eigenvalue weighted by Gasteiger charge is 2.32. The highest BCUT2D eigenvalue weighted by molar-refractivity contribution is 6.31. The summed E-state index contributed by atoms with van der Waals surface area (Å²) in [5.74, 6) is -0.745. The number of hydrogen-bond acceptors (Lipinski definition) is 2. The normalized spacial score (nSPS) is 12.1. The molecule has 0 heterocycles. The molecule has 0 radical (unpaired) electrons. The van der Waals surface area contributed by atoms with Crippen LogP contribution in [0, 0.1) is 5.82 Å². The molecule has 0 spiro atoms. The summed E-state index contributed by atoms with van der Waals surface area (Å²) in [7, 11) is 0. The molecule has 0 saturated carbocycles. The van der Waals surface area contributed by atoms with E-state index >= 15 is 0 Å². The maximum absolute atomic E-state index is 13.6. The molecule has 0 aliphatic heterocycles. The zero-order valence-electron chi connectivity index (χ0n) is 20.4. The van der Waals surface area contributed by atoms with Crippen LogP contribution in [0.15, 0.2) is 78.9 Å². The summed E-state index contributed by atoms with van der Waals surface area (Å²) < 4.78 is 13.5. The Morgan fingerprint density at radius 2 is 1.54 bits per heavy atom. The lowest BCUT2D eigenvalue weighted by Crippen LogP contribution is -2.54. The standard InChI is InChI=1S/C29H32ClFN2O2/c1-29(2,3)32-28(35)26(19-21-9-5-4-6-10-21)33(20-22-13-16-24(31)17-14-22)27(34)18-15-23-11-7-8-12-25(23)30/h4-14,16-17,26H,15,18-20H2,1-3H3,(H,32,35). The lowest BCUT2D eigenvalue weighted by atomic mass is 10.00. The molecule has 0 bridgehead atoms. The summed E-state index contributed by atoms with van der Waals surface area (Å²) >= 11 is 6.30. The van der Waals surface area contributed by atoms with Gasteiger partial charge in [-0.2, -0.15) is 0 Å². The highest BCUT2D eigenvalue weighted by atomic mass is 35.5. The molecule has 2 amide bonds. The molecule has 1 unspecified atom stereocenters. The van der Waals surface area contributed by atoms with Crippen molar-refractivity contribution in [1.29, 1.82) is 0 Å². The predicted molar refractivity (Wildman–Crippen MR) is 139 cm³/mol. The second-order valence-corrected chi connectivity index (χ2v) is 10.1. The number of benzene rings is 3. The first-order valence-electron chi connectivity index (χ1n) is 11.8. The number of rotatable bonds is 9. The van der Waals surface area contributed by atoms with E-state index < -0.39 is 11.6 Å². The van der Waals surface area contributed by atoms with Gasteiger partial charge in [0.2, 0.25) is 11.8 Å². The molecular weight excluding hydrogens is 463 g/mol. The summed E-state index contributed by atoms with van der Waals surface area (Å²) in [6.07, 6.45) is 1.01. The molecule has 3 aromatic rings. The number of carbonyl (C=O) groups is 2. The zero-order valence-corrected chi connectivity index (χ0v) is 21.2. The predicted octanol–water partition coefficient (Wildman–Crippen LogP) is 5.97. The summed E-state index contributed by atoms with van der Waals surface area (Å²) in [4.78, 5) is 28.7. The van der Waals surface area contributed by atoms with Gasteiger partial charge in [0.25, 0.3) is 0 Å². The smallest absolute Gasteiger partial charge is 0.243 e. The third kappa shape index (κ3) is 8.22. The molecule has 3 rings (SSSR count). The Morgan fingerprint density at radius 3 is 2.17 bits per heavy atom. The van der Waals surface area contributed by atoms with Crippen molar-refractivity contribution in [2.75, 3.05) is 0 Å². The van der Waals surface area contributed by atoms with Crippen LogP contribution in [0.25, 0.3) is 0 Å². The van der Waals surface area contributed by atoms with Gasteiger partial charge < -0.3 is 10.2 Å². The average Bonchev–Trinajstić information content (AvgIpc) is 2.81. The van der Waals surface area contributed by atoms with E-state index in [0.717, 1.165) is 16.7 Å². The molecule has 1 atom stereocenters. The minimum atomic E-state index is -0.736. The van der Waals surface area contributed by atoms with Crippen molar-refractivity contribution < 1.29 is 14.0 Å². The van der Waals surface area contributed by atoms with Crippen molar-refractivity contribution in [2.24, 2.45) is 0 Å². The van der Waals surface area contributed by atoms with Gasteiger partial charge in [-0.1, -0.05) is 72.3 Å². The van der Waals surface area contributed by atoms with Crippen LogP contribution < -0.4 is 5.32 Å². The summed E-state index contributed by atoms with van der Waals surface area (Å²) in [5.41, 5.74) is 2.11. The zero-order chi connectivity index (χ0) is 25.4. The minimum Gasteiger partial charge on any atom is -0.350 e. The second kappa shape index (κ2) is 12.0. The SMILES string of the molecule is CC(C)(C)NC(=O)C(Cc1ccccc1)N(Cc1ccc(F)cc1)C(=O)CCc1ccccc1Cl. The topological polar surface area (TPSA) is 49.4 Å². The molecule has 0 saturated heterocycles. The van der Waals surface area contributed by atoms with Gasteiger partial charge in [0, 0.05) is 29.9 Å². The van der Waals surface area contributed by atoms with Crippen molar-refractivity contribution in [2.45, 2.75) is 58.2 Å². The summed E-state index contributed by atoms with van der Waals surface area (Å²) in [5, 5.41) is 3.65. The number of halogens is 2. The van der Waals surface area contributed by atoms with Crippen LogP contribution in [0.1, 0.15) is 43.9 Å². The molecule has 0 aromatic heterocycles. The number of hydrogen-bond donors (Lipinski definition) is 1. The van der Waals surface area contributed by atoms with E-state index in [9.17, 15) is 14.0 Å². The van der Waals surface area contributed by atoms with E-state index in [1.165, 1.54) is 12.1 Å². The molecular formula is C29H32ClFN2O2. The Hall–Kier alpha value is -3.18. The average molecular weight is 495 g/mol. The lowest BCUT2D eigenvalue weighted by Gasteiger charge is -2.34. The number of aryl methyl sites for hydroxylation is 1. The molecule has 184 valence electrons. The number of nitrogens with zero attached hydrogens (tertiary/aromatic N) is 1. The van der Waals surface area contributed by atoms with Crippen LogP contribution in [0.2, 0.25) is 5.02 Å². The van der Waals surface area contributed by atoms with E-state index in [1.807, 2.05) is 69.3 Å². The van der Waals surface area contributed by atoms with E-state index in [2.05, 4.69) is 5.32 Å². The van der Waals surface area contributed by atoms with Crippen LogP contribution in [-0.2, 0) is 29.0 Å². The van der Waals surface area contributed by atoms with E-state index in [-0.39, 0.29) is 30.6 Å². The molecule has 3 aromatic carbocycles. The van der Waals surface area contributed by atoms with Gasteiger partial charge in [-0.3, -0.25) is 9.59 Å². The van der Waals surface area contributed by atoms with Crippen molar-refractivity contribution in [3.63, 3.8) is 0 Å². The first-order chi connectivity index (χ1) is 16.6. The Morgan fingerprint density at radius 1 is 0.914 bits per heavy atom. The van der Waals surface area contributed by atoms with E-state index in [0.29, 0.717) is 17.9 Å². The fraction of sp³-hybridized carbons (Fsp3) is 0.310. The Bertz CT molecular complexity index is 1130. The van der Waals surface area contributed by atoms with E-state index in [1.54, 1.807) is 23.1 Å².